The second-order valence-corrected chi connectivity index (χ2v) is 4.00. The van der Waals surface area contributed by atoms with E-state index in [0.717, 1.165) is 5.76 Å². The van der Waals surface area contributed by atoms with Gasteiger partial charge in [0, 0.05) is 0 Å². The fourth-order valence-corrected chi connectivity index (χ4v) is 1.82. The monoisotopic (exact) mass is 200 g/mol. The van der Waals surface area contributed by atoms with Gasteiger partial charge in [-0.25, -0.2) is 0 Å². The number of ether oxygens (including phenoxy) is 3. The van der Waals surface area contributed by atoms with Gasteiger partial charge in [0.2, 0.25) is 0 Å². The van der Waals surface area contributed by atoms with Crippen LogP contribution in [0.1, 0.15) is 34.6 Å². The van der Waals surface area contributed by atoms with Crippen LogP contribution < -0.4 is 0 Å². The number of hydrogen-bond acceptors (Lipinski definition) is 3. The van der Waals surface area contributed by atoms with Crippen molar-refractivity contribution >= 4 is 0 Å². The minimum Gasteiger partial charge on any atom is -0.444 e. The molecule has 0 bridgehead atoms. The minimum absolute atomic E-state index is 0.247. The molecule has 0 fully saturated rings. The summed E-state index contributed by atoms with van der Waals surface area (Å²) in [6.07, 6.45) is 2.04. The Balaban J connectivity index is 2.89. The Labute approximate surface area is 86.0 Å². The van der Waals surface area contributed by atoms with E-state index in [0.29, 0.717) is 13.2 Å². The van der Waals surface area contributed by atoms with Crippen LogP contribution >= 0.6 is 0 Å². The highest BCUT2D eigenvalue weighted by molar-refractivity contribution is 5.10. The fraction of sp³-hybridized carbons (Fsp3) is 0.818. The molecule has 0 radical (unpaired) electrons. The van der Waals surface area contributed by atoms with Crippen molar-refractivity contribution in [3.05, 3.63) is 11.8 Å². The van der Waals surface area contributed by atoms with E-state index in [9.17, 15) is 0 Å². The lowest BCUT2D eigenvalue weighted by Crippen LogP contribution is -2.47. The summed E-state index contributed by atoms with van der Waals surface area (Å²) in [6.45, 7) is 11.0. The van der Waals surface area contributed by atoms with Crippen molar-refractivity contribution in [2.75, 3.05) is 13.2 Å². The maximum Gasteiger partial charge on any atom is 0.335 e. The zero-order valence-corrected chi connectivity index (χ0v) is 9.72. The lowest BCUT2D eigenvalue weighted by atomic mass is 9.91. The molecule has 0 saturated carbocycles. The van der Waals surface area contributed by atoms with Gasteiger partial charge in [-0.3, -0.25) is 0 Å². The highest BCUT2D eigenvalue weighted by Crippen LogP contribution is 2.45. The molecule has 1 rings (SSSR count). The van der Waals surface area contributed by atoms with Crippen LogP contribution in [0.25, 0.3) is 0 Å². The molecule has 1 heterocycles. The molecule has 3 heteroatoms. The van der Waals surface area contributed by atoms with E-state index in [1.807, 2.05) is 26.8 Å². The Hall–Kier alpha value is -0.540. The molecule has 1 aliphatic rings. The van der Waals surface area contributed by atoms with Crippen molar-refractivity contribution in [3.8, 4) is 0 Å². The van der Waals surface area contributed by atoms with Gasteiger partial charge in [0.25, 0.3) is 0 Å². The quantitative estimate of drug-likeness (QED) is 0.653. The molecule has 14 heavy (non-hydrogen) atoms. The topological polar surface area (TPSA) is 27.7 Å². The van der Waals surface area contributed by atoms with Crippen LogP contribution in [0.5, 0.6) is 0 Å². The van der Waals surface area contributed by atoms with Crippen LogP contribution in [0.15, 0.2) is 11.8 Å². The van der Waals surface area contributed by atoms with E-state index in [4.69, 9.17) is 14.2 Å². The third kappa shape index (κ3) is 1.79. The standard InChI is InChI=1S/C11H20O3/c1-6-12-11(13-7-2)10(4,5)8-9(3)14-11/h8H,6-7H2,1-5H3. The fourth-order valence-electron chi connectivity index (χ4n) is 1.82. The predicted octanol–water partition coefficient (Wildman–Crippen LogP) is 2.67. The molecular formula is C11H20O3. The average Bonchev–Trinajstić information content (AvgIpc) is 2.22. The van der Waals surface area contributed by atoms with E-state index in [1.165, 1.54) is 0 Å². The first-order valence-corrected chi connectivity index (χ1v) is 5.14. The summed E-state index contributed by atoms with van der Waals surface area (Å²) in [5, 5.41) is 0. The molecule has 0 aromatic rings. The molecule has 3 nitrogen and oxygen atoms in total. The molecular weight excluding hydrogens is 180 g/mol. The number of hydrogen-bond donors (Lipinski definition) is 0. The van der Waals surface area contributed by atoms with E-state index in [1.54, 1.807) is 0 Å². The summed E-state index contributed by atoms with van der Waals surface area (Å²) in [6, 6.07) is 0. The van der Waals surface area contributed by atoms with Crippen LogP contribution in [0.4, 0.5) is 0 Å². The first kappa shape index (κ1) is 11.5. The van der Waals surface area contributed by atoms with Crippen LogP contribution in [0, 0.1) is 5.41 Å². The number of rotatable bonds is 4. The Morgan fingerprint density at radius 2 is 1.71 bits per heavy atom. The van der Waals surface area contributed by atoms with Gasteiger partial charge in [-0.2, -0.15) is 0 Å². The van der Waals surface area contributed by atoms with Gasteiger partial charge in [0.15, 0.2) is 0 Å². The average molecular weight is 200 g/mol. The third-order valence-corrected chi connectivity index (χ3v) is 2.32. The summed E-state index contributed by atoms with van der Waals surface area (Å²) >= 11 is 0. The second-order valence-electron chi connectivity index (χ2n) is 4.00. The zero-order chi connectivity index (χ0) is 10.8. The van der Waals surface area contributed by atoms with Gasteiger partial charge in [-0.05, 0) is 40.7 Å². The highest BCUT2D eigenvalue weighted by Gasteiger charge is 2.53. The highest BCUT2D eigenvalue weighted by atomic mass is 16.9. The first-order chi connectivity index (χ1) is 6.47. The largest absolute Gasteiger partial charge is 0.444 e. The van der Waals surface area contributed by atoms with Crippen molar-refractivity contribution in [2.24, 2.45) is 5.41 Å². The van der Waals surface area contributed by atoms with Gasteiger partial charge in [0.1, 0.15) is 0 Å². The Morgan fingerprint density at radius 3 is 2.00 bits per heavy atom. The van der Waals surface area contributed by atoms with Crippen molar-refractivity contribution < 1.29 is 14.2 Å². The Morgan fingerprint density at radius 1 is 1.21 bits per heavy atom. The van der Waals surface area contributed by atoms with Crippen LogP contribution in [-0.2, 0) is 14.2 Å². The first-order valence-electron chi connectivity index (χ1n) is 5.14. The summed E-state index contributed by atoms with van der Waals surface area (Å²) in [4.78, 5) is 0. The lowest BCUT2D eigenvalue weighted by Gasteiger charge is -2.37. The van der Waals surface area contributed by atoms with Crippen molar-refractivity contribution in [1.82, 2.24) is 0 Å². The normalized spacial score (nSPS) is 23.1. The molecule has 0 unspecified atom stereocenters. The molecule has 0 N–H and O–H groups in total. The summed E-state index contributed by atoms with van der Waals surface area (Å²) in [5.41, 5.74) is -0.247. The van der Waals surface area contributed by atoms with Crippen molar-refractivity contribution in [3.63, 3.8) is 0 Å². The molecule has 0 atom stereocenters. The van der Waals surface area contributed by atoms with Crippen LogP contribution in [-0.4, -0.2) is 19.2 Å². The summed E-state index contributed by atoms with van der Waals surface area (Å²) < 4.78 is 16.9. The molecule has 0 amide bonds. The van der Waals surface area contributed by atoms with Gasteiger partial charge in [-0.1, -0.05) is 0 Å². The summed E-state index contributed by atoms with van der Waals surface area (Å²) in [5.74, 6) is -0.0717. The predicted molar refractivity (Wildman–Crippen MR) is 54.6 cm³/mol. The molecule has 0 spiro atoms. The zero-order valence-electron chi connectivity index (χ0n) is 9.72. The van der Waals surface area contributed by atoms with E-state index >= 15 is 0 Å². The Bertz CT molecular complexity index is 225. The molecule has 0 aromatic carbocycles. The van der Waals surface area contributed by atoms with Gasteiger partial charge in [0.05, 0.1) is 24.4 Å². The molecule has 0 aliphatic carbocycles. The smallest absolute Gasteiger partial charge is 0.335 e. The maximum absolute atomic E-state index is 5.66. The maximum atomic E-state index is 5.66. The number of allylic oxidation sites excluding steroid dienone is 1. The van der Waals surface area contributed by atoms with Crippen LogP contribution in [0.3, 0.4) is 0 Å². The van der Waals surface area contributed by atoms with E-state index in [2.05, 4.69) is 13.8 Å². The molecule has 0 saturated heterocycles. The molecule has 0 aromatic heterocycles. The van der Waals surface area contributed by atoms with Crippen LogP contribution in [0.2, 0.25) is 0 Å². The third-order valence-electron chi connectivity index (χ3n) is 2.32. The minimum atomic E-state index is -0.930. The van der Waals surface area contributed by atoms with Crippen molar-refractivity contribution in [2.45, 2.75) is 40.6 Å². The van der Waals surface area contributed by atoms with E-state index < -0.39 is 5.97 Å². The van der Waals surface area contributed by atoms with Gasteiger partial charge < -0.3 is 14.2 Å². The summed E-state index contributed by atoms with van der Waals surface area (Å²) in [7, 11) is 0. The Kier molecular flexibility index (Phi) is 3.22. The van der Waals surface area contributed by atoms with Gasteiger partial charge >= 0.3 is 5.97 Å². The van der Waals surface area contributed by atoms with E-state index in [-0.39, 0.29) is 5.41 Å². The lowest BCUT2D eigenvalue weighted by molar-refractivity contribution is -0.389. The molecule has 1 aliphatic heterocycles. The van der Waals surface area contributed by atoms with Crippen molar-refractivity contribution in [1.29, 1.82) is 0 Å². The molecule has 82 valence electrons. The van der Waals surface area contributed by atoms with Gasteiger partial charge in [-0.15, -0.1) is 0 Å². The SMILES string of the molecule is CCOC1(OCC)OC(C)=CC1(C)C. The second kappa shape index (κ2) is 3.91.